The van der Waals surface area contributed by atoms with Gasteiger partial charge >= 0.3 is 0 Å². The van der Waals surface area contributed by atoms with Crippen molar-refractivity contribution in [3.8, 4) is 0 Å². The van der Waals surface area contributed by atoms with Crippen molar-refractivity contribution in [1.29, 1.82) is 0 Å². The van der Waals surface area contributed by atoms with Crippen molar-refractivity contribution in [2.24, 2.45) is 5.41 Å². The first-order chi connectivity index (χ1) is 6.84. The third kappa shape index (κ3) is 2.51. The van der Waals surface area contributed by atoms with E-state index in [1.165, 1.54) is 0 Å². The maximum Gasteiger partial charge on any atom is 0.228 e. The summed E-state index contributed by atoms with van der Waals surface area (Å²) < 4.78 is 0. The number of hydrogen-bond donors (Lipinski definition) is 1. The molecule has 0 aromatic carbocycles. The molecule has 1 aliphatic heterocycles. The van der Waals surface area contributed by atoms with Crippen molar-refractivity contribution < 1.29 is 9.90 Å². The fraction of sp³-hybridized carbons (Fsp3) is 0.917. The molecule has 0 aromatic rings. The summed E-state index contributed by atoms with van der Waals surface area (Å²) in [5.41, 5.74) is -0.887. The summed E-state index contributed by atoms with van der Waals surface area (Å²) in [5, 5.41) is 9.97. The first kappa shape index (κ1) is 12.5. The van der Waals surface area contributed by atoms with Crippen molar-refractivity contribution >= 4 is 5.91 Å². The van der Waals surface area contributed by atoms with Gasteiger partial charge in [-0.2, -0.15) is 0 Å². The molecule has 1 heterocycles. The summed E-state index contributed by atoms with van der Waals surface area (Å²) in [6.45, 7) is 9.04. The second-order valence-corrected chi connectivity index (χ2v) is 5.37. The Morgan fingerprint density at radius 1 is 1.40 bits per heavy atom. The van der Waals surface area contributed by atoms with Gasteiger partial charge in [-0.25, -0.2) is 0 Å². The molecule has 0 aromatic heterocycles. The first-order valence-corrected chi connectivity index (χ1v) is 5.86. The predicted molar refractivity (Wildman–Crippen MR) is 60.5 cm³/mol. The lowest BCUT2D eigenvalue weighted by Gasteiger charge is -2.49. The maximum atomic E-state index is 12.0. The van der Waals surface area contributed by atoms with Crippen LogP contribution in [0.4, 0.5) is 0 Å². The van der Waals surface area contributed by atoms with Crippen molar-refractivity contribution in [1.82, 2.24) is 4.90 Å². The second kappa shape index (κ2) is 4.12. The Balaban J connectivity index is 2.48. The lowest BCUT2D eigenvalue weighted by Crippen LogP contribution is -2.65. The van der Waals surface area contributed by atoms with Crippen LogP contribution in [0, 0.1) is 5.41 Å². The van der Waals surface area contributed by atoms with Crippen molar-refractivity contribution in [2.75, 3.05) is 13.1 Å². The number of β-amino-alcohol motifs (C(OH)–C–C–N with tert-alkyl or cyclic N) is 1. The highest BCUT2D eigenvalue weighted by molar-refractivity contribution is 5.82. The molecule has 15 heavy (non-hydrogen) atoms. The zero-order valence-corrected chi connectivity index (χ0v) is 10.3. The highest BCUT2D eigenvalue weighted by Gasteiger charge is 2.45. The highest BCUT2D eigenvalue weighted by Crippen LogP contribution is 2.31. The topological polar surface area (TPSA) is 40.5 Å². The Labute approximate surface area is 92.5 Å². The smallest absolute Gasteiger partial charge is 0.228 e. The van der Waals surface area contributed by atoms with E-state index in [1.54, 1.807) is 4.90 Å². The van der Waals surface area contributed by atoms with Gasteiger partial charge in [0.1, 0.15) is 0 Å². The Morgan fingerprint density at radius 3 is 2.33 bits per heavy atom. The van der Waals surface area contributed by atoms with Gasteiger partial charge in [0.2, 0.25) is 5.91 Å². The molecule has 88 valence electrons. The van der Waals surface area contributed by atoms with E-state index in [1.807, 2.05) is 20.8 Å². The molecule has 0 aliphatic carbocycles. The number of hydrogen-bond acceptors (Lipinski definition) is 2. The van der Waals surface area contributed by atoms with Crippen LogP contribution in [0.5, 0.6) is 0 Å². The molecule has 0 saturated carbocycles. The van der Waals surface area contributed by atoms with E-state index in [9.17, 15) is 9.90 Å². The number of aliphatic hydroxyl groups is 1. The summed E-state index contributed by atoms with van der Waals surface area (Å²) in [6.07, 6.45) is 2.60. The summed E-state index contributed by atoms with van der Waals surface area (Å²) in [5.74, 6) is 0.172. The van der Waals surface area contributed by atoms with E-state index >= 15 is 0 Å². The quantitative estimate of drug-likeness (QED) is 0.773. The minimum absolute atomic E-state index is 0.172. The van der Waals surface area contributed by atoms with E-state index in [-0.39, 0.29) is 11.3 Å². The molecule has 0 spiro atoms. The van der Waals surface area contributed by atoms with E-state index in [0.29, 0.717) is 13.1 Å². The highest BCUT2D eigenvalue weighted by atomic mass is 16.3. The van der Waals surface area contributed by atoms with Gasteiger partial charge in [-0.05, 0) is 12.8 Å². The van der Waals surface area contributed by atoms with Crippen LogP contribution < -0.4 is 0 Å². The Bertz CT molecular complexity index is 242. The summed E-state index contributed by atoms with van der Waals surface area (Å²) in [6, 6.07) is 0. The second-order valence-electron chi connectivity index (χ2n) is 5.37. The minimum atomic E-state index is -0.603. The molecule has 0 atom stereocenters. The largest absolute Gasteiger partial charge is 0.386 e. The van der Waals surface area contributed by atoms with E-state index in [4.69, 9.17) is 0 Å². The van der Waals surface area contributed by atoms with Gasteiger partial charge in [0.25, 0.3) is 0 Å². The summed E-state index contributed by atoms with van der Waals surface area (Å²) in [7, 11) is 0. The number of carbonyl (C=O) groups is 1. The Hall–Kier alpha value is -0.570. The lowest BCUT2D eigenvalue weighted by molar-refractivity contribution is -0.165. The molecular formula is C12H23NO2. The van der Waals surface area contributed by atoms with Gasteiger partial charge in [-0.3, -0.25) is 4.79 Å². The van der Waals surface area contributed by atoms with E-state index in [0.717, 1.165) is 19.3 Å². The average molecular weight is 213 g/mol. The monoisotopic (exact) mass is 213 g/mol. The zero-order chi connectivity index (χ0) is 11.7. The van der Waals surface area contributed by atoms with Gasteiger partial charge in [0.05, 0.1) is 18.7 Å². The van der Waals surface area contributed by atoms with Crippen molar-refractivity contribution in [3.05, 3.63) is 0 Å². The number of amides is 1. The molecule has 1 saturated heterocycles. The van der Waals surface area contributed by atoms with Crippen LogP contribution in [0.2, 0.25) is 0 Å². The van der Waals surface area contributed by atoms with Crippen LogP contribution in [0.1, 0.15) is 47.0 Å². The van der Waals surface area contributed by atoms with Gasteiger partial charge in [0, 0.05) is 5.41 Å². The molecule has 3 nitrogen and oxygen atoms in total. The predicted octanol–water partition coefficient (Wildman–Crippen LogP) is 1.80. The molecule has 0 unspecified atom stereocenters. The normalized spacial score (nSPS) is 19.9. The Kier molecular flexibility index (Phi) is 3.44. The first-order valence-electron chi connectivity index (χ1n) is 5.86. The van der Waals surface area contributed by atoms with Gasteiger partial charge in [-0.1, -0.05) is 34.1 Å². The van der Waals surface area contributed by atoms with Gasteiger partial charge in [-0.15, -0.1) is 0 Å². The van der Waals surface area contributed by atoms with Gasteiger partial charge in [0.15, 0.2) is 0 Å². The molecule has 1 aliphatic rings. The van der Waals surface area contributed by atoms with Crippen LogP contribution in [0.15, 0.2) is 0 Å². The van der Waals surface area contributed by atoms with Crippen LogP contribution in [-0.2, 0) is 4.79 Å². The fourth-order valence-corrected chi connectivity index (χ4v) is 2.01. The van der Waals surface area contributed by atoms with Crippen LogP contribution in [-0.4, -0.2) is 34.6 Å². The molecule has 0 bridgehead atoms. The molecule has 1 N–H and O–H groups in total. The van der Waals surface area contributed by atoms with Gasteiger partial charge < -0.3 is 10.0 Å². The number of nitrogens with zero attached hydrogens (tertiary/aromatic N) is 1. The van der Waals surface area contributed by atoms with Crippen LogP contribution in [0.25, 0.3) is 0 Å². The SMILES string of the molecule is CCCC1(O)CN(C(=O)C(C)(C)CC)C1. The molecule has 1 rings (SSSR count). The maximum absolute atomic E-state index is 12.0. The number of carbonyl (C=O) groups excluding carboxylic acids is 1. The molecule has 1 fully saturated rings. The molecular weight excluding hydrogens is 190 g/mol. The number of rotatable bonds is 4. The van der Waals surface area contributed by atoms with E-state index < -0.39 is 5.60 Å². The van der Waals surface area contributed by atoms with Crippen molar-refractivity contribution in [3.63, 3.8) is 0 Å². The summed E-state index contributed by atoms with van der Waals surface area (Å²) in [4.78, 5) is 13.8. The third-order valence-electron chi connectivity index (χ3n) is 3.44. The van der Waals surface area contributed by atoms with Crippen LogP contribution in [0.3, 0.4) is 0 Å². The standard InChI is InChI=1S/C12H23NO2/c1-5-7-12(15)8-13(9-12)10(14)11(3,4)6-2/h15H,5-9H2,1-4H3. The lowest BCUT2D eigenvalue weighted by atomic mass is 9.83. The minimum Gasteiger partial charge on any atom is -0.386 e. The molecule has 1 amide bonds. The molecule has 3 heteroatoms. The van der Waals surface area contributed by atoms with E-state index in [2.05, 4.69) is 6.92 Å². The average Bonchev–Trinajstić information content (AvgIpc) is 2.13. The van der Waals surface area contributed by atoms with Crippen LogP contribution >= 0.6 is 0 Å². The third-order valence-corrected chi connectivity index (χ3v) is 3.44. The Morgan fingerprint density at radius 2 is 1.93 bits per heavy atom. The fourth-order valence-electron chi connectivity index (χ4n) is 2.01. The summed E-state index contributed by atoms with van der Waals surface area (Å²) >= 11 is 0. The number of likely N-dealkylation sites (tertiary alicyclic amines) is 1. The molecule has 0 radical (unpaired) electrons. The zero-order valence-electron chi connectivity index (χ0n) is 10.3. The van der Waals surface area contributed by atoms with Crippen molar-refractivity contribution in [2.45, 2.75) is 52.6 Å².